The van der Waals surface area contributed by atoms with Gasteiger partial charge < -0.3 is 4.42 Å². The molecule has 7 heteroatoms. The Morgan fingerprint density at radius 3 is 2.64 bits per heavy atom. The summed E-state index contributed by atoms with van der Waals surface area (Å²) < 4.78 is 29.9. The fraction of sp³-hybridized carbons (Fsp3) is 0.133. The Morgan fingerprint density at radius 2 is 2.09 bits per heavy atom. The predicted octanol–water partition coefficient (Wildman–Crippen LogP) is 4.37. The third kappa shape index (κ3) is 3.72. The number of hydrogen-bond donors (Lipinski definition) is 0. The molecule has 0 amide bonds. The van der Waals surface area contributed by atoms with Crippen molar-refractivity contribution in [2.45, 2.75) is 12.7 Å². The lowest BCUT2D eigenvalue weighted by Crippen LogP contribution is -2.07. The number of sulfone groups is 1. The molecule has 0 aliphatic carbocycles. The molecule has 1 aromatic carbocycles. The summed E-state index contributed by atoms with van der Waals surface area (Å²) >= 11 is 11.8. The molecule has 2 aromatic rings. The van der Waals surface area contributed by atoms with Crippen LogP contribution in [0.4, 0.5) is 0 Å². The van der Waals surface area contributed by atoms with Crippen molar-refractivity contribution < 1.29 is 12.8 Å². The lowest BCUT2D eigenvalue weighted by Gasteiger charge is -2.06. The number of benzene rings is 1. The van der Waals surface area contributed by atoms with Crippen molar-refractivity contribution in [1.82, 2.24) is 0 Å². The summed E-state index contributed by atoms with van der Waals surface area (Å²) in [5.41, 5.74) is 1.12. The fourth-order valence-electron chi connectivity index (χ4n) is 1.76. The lowest BCUT2D eigenvalue weighted by molar-refractivity contribution is 0.554. The normalized spacial score (nSPS) is 12.2. The van der Waals surface area contributed by atoms with Gasteiger partial charge in [-0.3, -0.25) is 0 Å². The smallest absolute Gasteiger partial charge is 0.192 e. The summed E-state index contributed by atoms with van der Waals surface area (Å²) in [7, 11) is -3.84. The van der Waals surface area contributed by atoms with E-state index in [0.29, 0.717) is 16.3 Å². The van der Waals surface area contributed by atoms with Gasteiger partial charge in [0.15, 0.2) is 9.84 Å². The fourth-order valence-corrected chi connectivity index (χ4v) is 3.56. The maximum atomic E-state index is 12.4. The minimum atomic E-state index is -3.84. The third-order valence-corrected chi connectivity index (χ3v) is 5.13. The largest absolute Gasteiger partial charge is 0.465 e. The summed E-state index contributed by atoms with van der Waals surface area (Å²) in [6.07, 6.45) is 2.65. The van der Waals surface area contributed by atoms with Gasteiger partial charge in [0, 0.05) is 16.1 Å². The number of nitrogens with zero attached hydrogens (tertiary/aromatic N) is 1. The molecule has 0 fully saturated rings. The minimum Gasteiger partial charge on any atom is -0.465 e. The van der Waals surface area contributed by atoms with Crippen molar-refractivity contribution >= 4 is 39.1 Å². The van der Waals surface area contributed by atoms with E-state index in [1.807, 2.05) is 0 Å². The van der Waals surface area contributed by atoms with Gasteiger partial charge in [0.25, 0.3) is 0 Å². The molecule has 1 aromatic heterocycles. The zero-order valence-electron chi connectivity index (χ0n) is 11.5. The van der Waals surface area contributed by atoms with E-state index in [9.17, 15) is 8.42 Å². The Morgan fingerprint density at radius 1 is 1.36 bits per heavy atom. The quantitative estimate of drug-likeness (QED) is 0.763. The van der Waals surface area contributed by atoms with Gasteiger partial charge in [-0.2, -0.15) is 5.26 Å². The number of halogens is 2. The van der Waals surface area contributed by atoms with Crippen molar-refractivity contribution in [2.24, 2.45) is 0 Å². The monoisotopic (exact) mass is 355 g/mol. The second kappa shape index (κ2) is 6.57. The molecule has 0 N–H and O–H groups in total. The van der Waals surface area contributed by atoms with Crippen molar-refractivity contribution in [3.8, 4) is 6.07 Å². The maximum Gasteiger partial charge on any atom is 0.192 e. The van der Waals surface area contributed by atoms with Gasteiger partial charge in [0.1, 0.15) is 16.7 Å². The highest BCUT2D eigenvalue weighted by Crippen LogP contribution is 2.25. The third-order valence-electron chi connectivity index (χ3n) is 2.97. The molecule has 114 valence electrons. The van der Waals surface area contributed by atoms with Gasteiger partial charge in [-0.25, -0.2) is 8.42 Å². The molecule has 1 heterocycles. The number of aryl methyl sites for hydroxylation is 1. The van der Waals surface area contributed by atoms with Crippen LogP contribution in [0.3, 0.4) is 0 Å². The van der Waals surface area contributed by atoms with Gasteiger partial charge >= 0.3 is 0 Å². The van der Waals surface area contributed by atoms with E-state index < -0.39 is 9.84 Å². The van der Waals surface area contributed by atoms with Crippen LogP contribution in [0.2, 0.25) is 10.0 Å². The zero-order chi connectivity index (χ0) is 16.3. The molecule has 4 nitrogen and oxygen atoms in total. The Kier molecular flexibility index (Phi) is 4.97. The first-order valence-electron chi connectivity index (χ1n) is 6.16. The number of furan rings is 1. The molecule has 0 spiro atoms. The molecule has 0 saturated carbocycles. The molecule has 0 saturated heterocycles. The molecule has 0 radical (unpaired) electrons. The van der Waals surface area contributed by atoms with E-state index in [1.165, 1.54) is 24.5 Å². The average Bonchev–Trinajstić information content (AvgIpc) is 2.84. The van der Waals surface area contributed by atoms with E-state index in [-0.39, 0.29) is 15.7 Å². The standard InChI is InChI=1S/C15H11Cl2NO3S/c1-10-4-5-21-15(10)7-13(8-18)22(19,20)9-11-2-3-12(16)6-14(11)17/h2-7H,9H2,1H3/b13-7+. The lowest BCUT2D eigenvalue weighted by atomic mass is 10.2. The number of rotatable bonds is 4. The Bertz CT molecular complexity index is 876. The summed E-state index contributed by atoms with van der Waals surface area (Å²) in [6.45, 7) is 1.76. The molecule has 0 aliphatic rings. The van der Waals surface area contributed by atoms with Crippen molar-refractivity contribution in [3.05, 3.63) is 62.4 Å². The first-order chi connectivity index (χ1) is 10.3. The van der Waals surface area contributed by atoms with E-state index >= 15 is 0 Å². The first kappa shape index (κ1) is 16.6. The molecule has 0 bridgehead atoms. The second-order valence-electron chi connectivity index (χ2n) is 4.58. The second-order valence-corrected chi connectivity index (χ2v) is 7.38. The number of hydrogen-bond acceptors (Lipinski definition) is 4. The molecule has 2 rings (SSSR count). The summed E-state index contributed by atoms with van der Waals surface area (Å²) in [5.74, 6) is -0.0513. The Labute approximate surface area is 138 Å². The number of nitriles is 1. The van der Waals surface area contributed by atoms with Crippen LogP contribution in [-0.2, 0) is 15.6 Å². The summed E-state index contributed by atoms with van der Waals surface area (Å²) in [6, 6.07) is 7.92. The molecular weight excluding hydrogens is 345 g/mol. The molecule has 0 atom stereocenters. The van der Waals surface area contributed by atoms with E-state index in [4.69, 9.17) is 32.9 Å². The number of allylic oxidation sites excluding steroid dienone is 1. The maximum absolute atomic E-state index is 12.4. The molecule has 0 aliphatic heterocycles. The van der Waals surface area contributed by atoms with Gasteiger partial charge in [0.05, 0.1) is 12.0 Å². The van der Waals surface area contributed by atoms with E-state index in [1.54, 1.807) is 25.1 Å². The van der Waals surface area contributed by atoms with Crippen LogP contribution in [0, 0.1) is 18.3 Å². The topological polar surface area (TPSA) is 71.1 Å². The van der Waals surface area contributed by atoms with Gasteiger partial charge in [-0.1, -0.05) is 29.3 Å². The van der Waals surface area contributed by atoms with E-state index in [0.717, 1.165) is 5.56 Å². The highest BCUT2D eigenvalue weighted by atomic mass is 35.5. The minimum absolute atomic E-state index is 0.238. The van der Waals surface area contributed by atoms with Crippen LogP contribution >= 0.6 is 23.2 Å². The highest BCUT2D eigenvalue weighted by Gasteiger charge is 2.21. The summed E-state index contributed by atoms with van der Waals surface area (Å²) in [5, 5.41) is 9.80. The van der Waals surface area contributed by atoms with Crippen molar-refractivity contribution in [2.75, 3.05) is 0 Å². The summed E-state index contributed by atoms with van der Waals surface area (Å²) in [4.78, 5) is -0.378. The van der Waals surface area contributed by atoms with Gasteiger partial charge in [0.2, 0.25) is 0 Å². The van der Waals surface area contributed by atoms with Gasteiger partial charge in [-0.15, -0.1) is 0 Å². The molecular formula is C15H11Cl2NO3S. The SMILES string of the molecule is Cc1ccoc1/C=C(\C#N)S(=O)(=O)Cc1ccc(Cl)cc1Cl. The average molecular weight is 356 g/mol. The Balaban J connectivity index is 2.38. The van der Waals surface area contributed by atoms with Gasteiger partial charge in [-0.05, 0) is 36.2 Å². The van der Waals surface area contributed by atoms with Crippen LogP contribution < -0.4 is 0 Å². The van der Waals surface area contributed by atoms with Crippen LogP contribution in [0.25, 0.3) is 6.08 Å². The zero-order valence-corrected chi connectivity index (χ0v) is 13.8. The molecule has 0 unspecified atom stereocenters. The van der Waals surface area contributed by atoms with Crippen LogP contribution in [-0.4, -0.2) is 8.42 Å². The molecule has 22 heavy (non-hydrogen) atoms. The van der Waals surface area contributed by atoms with E-state index in [2.05, 4.69) is 0 Å². The van der Waals surface area contributed by atoms with Crippen molar-refractivity contribution in [1.29, 1.82) is 5.26 Å². The van der Waals surface area contributed by atoms with Crippen molar-refractivity contribution in [3.63, 3.8) is 0 Å². The predicted molar refractivity (Wildman–Crippen MR) is 86.1 cm³/mol. The van der Waals surface area contributed by atoms with Crippen LogP contribution in [0.5, 0.6) is 0 Å². The van der Waals surface area contributed by atoms with Crippen LogP contribution in [0.1, 0.15) is 16.9 Å². The Hall–Kier alpha value is -1.74. The highest BCUT2D eigenvalue weighted by molar-refractivity contribution is 7.95. The first-order valence-corrected chi connectivity index (χ1v) is 8.57. The van der Waals surface area contributed by atoms with Crippen LogP contribution in [0.15, 0.2) is 39.9 Å².